The van der Waals surface area contributed by atoms with Gasteiger partial charge in [0, 0.05) is 5.92 Å². The van der Waals surface area contributed by atoms with Crippen LogP contribution in [0.4, 0.5) is 13.2 Å². The van der Waals surface area contributed by atoms with Gasteiger partial charge in [-0.3, -0.25) is 4.79 Å². The molecule has 0 spiro atoms. The number of aliphatic carboxylic acids is 1. The highest BCUT2D eigenvalue weighted by atomic mass is 35.5. The van der Waals surface area contributed by atoms with E-state index in [2.05, 4.69) is 5.32 Å². The number of fused-ring (bicyclic) bond motifs is 1. The molecule has 5 nitrogen and oxygen atoms in total. The van der Waals surface area contributed by atoms with E-state index in [4.69, 9.17) is 16.3 Å². The Bertz CT molecular complexity index is 1050. The Morgan fingerprint density at radius 2 is 1.88 bits per heavy atom. The Morgan fingerprint density at radius 1 is 1.24 bits per heavy atom. The standard InChI is InChI=1S/C24H25ClF3NO4S/c1-4-23(2,3)20(22(31)32)29-21(30)16-10-7-14-11-17(25)34-19(14)18(16)33-12-13-5-8-15(9-6-13)24(26,27)28/h5-11,14,19-20H,4,12H2,1-3H3,(H,29,30)(H,31,32). The van der Waals surface area contributed by atoms with Crippen LogP contribution in [0.2, 0.25) is 0 Å². The molecule has 1 heterocycles. The molecule has 0 saturated heterocycles. The number of carbonyl (C=O) groups excluding carboxylic acids is 1. The van der Waals surface area contributed by atoms with Crippen molar-refractivity contribution in [2.45, 2.75) is 51.3 Å². The van der Waals surface area contributed by atoms with E-state index in [-0.39, 0.29) is 23.3 Å². The van der Waals surface area contributed by atoms with Gasteiger partial charge in [0.15, 0.2) is 0 Å². The number of nitrogens with one attached hydrogen (secondary N) is 1. The van der Waals surface area contributed by atoms with E-state index >= 15 is 0 Å². The van der Waals surface area contributed by atoms with Gasteiger partial charge in [0.1, 0.15) is 18.4 Å². The number of halogens is 4. The Labute approximate surface area is 205 Å². The SMILES string of the molecule is CCC(C)(C)C(NC(=O)C1=C(OCc2ccc(C(F)(F)F)cc2)C2SC(Cl)=CC2C=C1)C(=O)O. The number of amides is 1. The second-order valence-electron chi connectivity index (χ2n) is 8.79. The molecule has 2 N–H and O–H groups in total. The van der Waals surface area contributed by atoms with Crippen LogP contribution < -0.4 is 5.32 Å². The number of carboxylic acids is 1. The molecule has 0 bridgehead atoms. The minimum Gasteiger partial charge on any atom is -0.491 e. The van der Waals surface area contributed by atoms with Crippen LogP contribution in [0.3, 0.4) is 0 Å². The number of carbonyl (C=O) groups is 2. The maximum Gasteiger partial charge on any atom is 0.416 e. The third-order valence-corrected chi connectivity index (χ3v) is 7.59. The Kier molecular flexibility index (Phi) is 7.77. The summed E-state index contributed by atoms with van der Waals surface area (Å²) in [6, 6.07) is 3.44. The van der Waals surface area contributed by atoms with Crippen molar-refractivity contribution in [3.63, 3.8) is 0 Å². The molecule has 3 atom stereocenters. The largest absolute Gasteiger partial charge is 0.491 e. The van der Waals surface area contributed by atoms with Gasteiger partial charge in [0.25, 0.3) is 5.91 Å². The summed E-state index contributed by atoms with van der Waals surface area (Å²) in [4.78, 5) is 25.0. The lowest BCUT2D eigenvalue weighted by molar-refractivity contribution is -0.144. The number of thioether (sulfide) groups is 1. The molecule has 1 amide bonds. The fourth-order valence-corrected chi connectivity index (χ4v) is 5.15. The van der Waals surface area contributed by atoms with Gasteiger partial charge in [-0.05, 0) is 35.6 Å². The molecule has 1 aliphatic carbocycles. The van der Waals surface area contributed by atoms with Crippen molar-refractivity contribution >= 4 is 35.2 Å². The molecule has 1 aromatic carbocycles. The third-order valence-electron chi connectivity index (χ3n) is 6.06. The minimum absolute atomic E-state index is 0.0672. The topological polar surface area (TPSA) is 75.6 Å². The molecule has 0 radical (unpaired) electrons. The summed E-state index contributed by atoms with van der Waals surface area (Å²) in [6.07, 6.45) is 1.28. The van der Waals surface area contributed by atoms with Crippen LogP contribution in [0.1, 0.15) is 38.3 Å². The fraction of sp³-hybridized carbons (Fsp3) is 0.417. The number of hydrogen-bond acceptors (Lipinski definition) is 4. The fourth-order valence-electron chi connectivity index (χ4n) is 3.61. The van der Waals surface area contributed by atoms with Gasteiger partial charge in [-0.2, -0.15) is 13.2 Å². The Morgan fingerprint density at radius 3 is 2.44 bits per heavy atom. The van der Waals surface area contributed by atoms with Crippen molar-refractivity contribution < 1.29 is 32.6 Å². The quantitative estimate of drug-likeness (QED) is 0.453. The first kappa shape index (κ1) is 26.2. The summed E-state index contributed by atoms with van der Waals surface area (Å²) in [5, 5.41) is 12.0. The van der Waals surface area contributed by atoms with E-state index in [0.29, 0.717) is 22.1 Å². The van der Waals surface area contributed by atoms with Crippen LogP contribution in [0.25, 0.3) is 0 Å². The van der Waals surface area contributed by atoms with Crippen LogP contribution in [-0.4, -0.2) is 28.3 Å². The number of ether oxygens (including phenoxy) is 1. The first-order chi connectivity index (χ1) is 15.8. The van der Waals surface area contributed by atoms with Crippen molar-refractivity contribution in [3.05, 3.63) is 69.3 Å². The van der Waals surface area contributed by atoms with Crippen molar-refractivity contribution in [2.75, 3.05) is 0 Å². The summed E-state index contributed by atoms with van der Waals surface area (Å²) >= 11 is 7.49. The first-order valence-corrected chi connectivity index (χ1v) is 11.9. The molecule has 0 fully saturated rings. The zero-order valence-corrected chi connectivity index (χ0v) is 20.4. The highest BCUT2D eigenvalue weighted by Crippen LogP contribution is 2.46. The number of alkyl halides is 3. The lowest BCUT2D eigenvalue weighted by Crippen LogP contribution is -2.50. The normalized spacial score (nSPS) is 21.1. The maximum atomic E-state index is 13.2. The molecular weight excluding hydrogens is 491 g/mol. The minimum atomic E-state index is -4.44. The van der Waals surface area contributed by atoms with E-state index in [0.717, 1.165) is 12.1 Å². The zero-order valence-electron chi connectivity index (χ0n) is 18.8. The van der Waals surface area contributed by atoms with Crippen molar-refractivity contribution in [2.24, 2.45) is 11.3 Å². The van der Waals surface area contributed by atoms with Gasteiger partial charge < -0.3 is 15.2 Å². The van der Waals surface area contributed by atoms with Crippen LogP contribution in [-0.2, 0) is 27.1 Å². The van der Waals surface area contributed by atoms with Crippen molar-refractivity contribution in [3.8, 4) is 0 Å². The van der Waals surface area contributed by atoms with Gasteiger partial charge >= 0.3 is 12.1 Å². The average Bonchev–Trinajstić information content (AvgIpc) is 3.15. The van der Waals surface area contributed by atoms with Gasteiger partial charge in [-0.25, -0.2) is 4.79 Å². The van der Waals surface area contributed by atoms with E-state index in [1.807, 2.05) is 13.0 Å². The second-order valence-corrected chi connectivity index (χ2v) is 10.6. The summed E-state index contributed by atoms with van der Waals surface area (Å²) in [7, 11) is 0. The molecular formula is C24H25ClF3NO4S. The molecule has 10 heteroatoms. The molecule has 1 aliphatic heterocycles. The smallest absolute Gasteiger partial charge is 0.416 e. The molecule has 2 aliphatic rings. The van der Waals surface area contributed by atoms with E-state index < -0.39 is 35.1 Å². The van der Waals surface area contributed by atoms with Gasteiger partial charge in [-0.1, -0.05) is 56.7 Å². The lowest BCUT2D eigenvalue weighted by atomic mass is 9.81. The van der Waals surface area contributed by atoms with Crippen LogP contribution >= 0.6 is 23.4 Å². The Hall–Kier alpha value is -2.39. The number of benzene rings is 1. The Balaban J connectivity index is 1.87. The van der Waals surface area contributed by atoms with Gasteiger partial charge in [0.05, 0.1) is 20.8 Å². The molecule has 34 heavy (non-hydrogen) atoms. The van der Waals surface area contributed by atoms with Gasteiger partial charge in [-0.15, -0.1) is 11.8 Å². The van der Waals surface area contributed by atoms with Gasteiger partial charge in [0.2, 0.25) is 0 Å². The number of hydrogen-bond donors (Lipinski definition) is 2. The summed E-state index contributed by atoms with van der Waals surface area (Å²) < 4.78 is 45.0. The zero-order chi connectivity index (χ0) is 25.3. The molecule has 1 aromatic rings. The van der Waals surface area contributed by atoms with Crippen LogP contribution in [0.5, 0.6) is 0 Å². The number of allylic oxidation sites excluding steroid dienone is 2. The second kappa shape index (κ2) is 10.1. The lowest BCUT2D eigenvalue weighted by Gasteiger charge is -2.32. The van der Waals surface area contributed by atoms with E-state index in [1.54, 1.807) is 26.0 Å². The third kappa shape index (κ3) is 5.81. The summed E-state index contributed by atoms with van der Waals surface area (Å²) in [5.41, 5.74) is -0.809. The highest BCUT2D eigenvalue weighted by molar-refractivity contribution is 8.05. The van der Waals surface area contributed by atoms with Crippen LogP contribution in [0, 0.1) is 11.3 Å². The van der Waals surface area contributed by atoms with Crippen LogP contribution in [0.15, 0.2) is 58.2 Å². The summed E-state index contributed by atoms with van der Waals surface area (Å²) in [5.74, 6) is -1.57. The number of rotatable bonds is 8. The molecule has 3 unspecified atom stereocenters. The number of carboxylic acid groups (broad SMARTS) is 1. The molecule has 184 valence electrons. The molecule has 0 saturated carbocycles. The molecule has 3 rings (SSSR count). The van der Waals surface area contributed by atoms with E-state index in [1.165, 1.54) is 23.9 Å². The predicted octanol–water partition coefficient (Wildman–Crippen LogP) is 5.86. The van der Waals surface area contributed by atoms with Crippen molar-refractivity contribution in [1.29, 1.82) is 0 Å². The first-order valence-electron chi connectivity index (χ1n) is 10.6. The highest BCUT2D eigenvalue weighted by Gasteiger charge is 2.39. The predicted molar refractivity (Wildman–Crippen MR) is 125 cm³/mol. The molecule has 0 aromatic heterocycles. The van der Waals surface area contributed by atoms with Crippen molar-refractivity contribution in [1.82, 2.24) is 5.32 Å². The monoisotopic (exact) mass is 515 g/mol. The summed E-state index contributed by atoms with van der Waals surface area (Å²) in [6.45, 7) is 5.29. The average molecular weight is 516 g/mol. The maximum absolute atomic E-state index is 13.2. The van der Waals surface area contributed by atoms with E-state index in [9.17, 15) is 27.9 Å².